The van der Waals surface area contributed by atoms with Crippen molar-refractivity contribution in [1.29, 1.82) is 0 Å². The quantitative estimate of drug-likeness (QED) is 0.821. The summed E-state index contributed by atoms with van der Waals surface area (Å²) in [6, 6.07) is 3.34. The van der Waals surface area contributed by atoms with Gasteiger partial charge in [0.2, 0.25) is 5.91 Å². The van der Waals surface area contributed by atoms with Gasteiger partial charge in [-0.15, -0.1) is 0 Å². The molecule has 1 aliphatic heterocycles. The lowest BCUT2D eigenvalue weighted by atomic mass is 10.1. The fraction of sp³-hybridized carbons (Fsp3) is 0.357. The fourth-order valence-electron chi connectivity index (χ4n) is 2.19. The lowest BCUT2D eigenvalue weighted by Crippen LogP contribution is -2.38. The first kappa shape index (κ1) is 16.6. The van der Waals surface area contributed by atoms with E-state index in [9.17, 15) is 14.4 Å². The molecule has 0 spiro atoms. The van der Waals surface area contributed by atoms with Crippen LogP contribution in [0.4, 0.5) is 4.79 Å². The van der Waals surface area contributed by atoms with Crippen LogP contribution in [-0.4, -0.2) is 35.8 Å². The van der Waals surface area contributed by atoms with Gasteiger partial charge in [0.25, 0.3) is 5.91 Å². The molecule has 0 bridgehead atoms. The lowest BCUT2D eigenvalue weighted by Gasteiger charge is -2.27. The predicted molar refractivity (Wildman–Crippen MR) is 82.7 cm³/mol. The van der Waals surface area contributed by atoms with E-state index in [1.807, 2.05) is 6.92 Å². The van der Waals surface area contributed by atoms with Crippen LogP contribution < -0.4 is 10.6 Å². The Kier molecular flexibility index (Phi) is 4.93. The molecule has 118 valence electrons. The molecule has 0 aliphatic carbocycles. The minimum absolute atomic E-state index is 0.108. The number of carbonyl (C=O) groups is 3. The second kappa shape index (κ2) is 6.54. The second-order valence-corrected chi connectivity index (χ2v) is 5.91. The van der Waals surface area contributed by atoms with Crippen molar-refractivity contribution >= 4 is 41.0 Å². The number of nitrogens with one attached hydrogen (secondary N) is 2. The third-order valence-corrected chi connectivity index (χ3v) is 4.19. The summed E-state index contributed by atoms with van der Waals surface area (Å²) in [5, 5.41) is 5.47. The molecule has 1 aromatic carbocycles. The third kappa shape index (κ3) is 3.51. The van der Waals surface area contributed by atoms with Gasteiger partial charge < -0.3 is 10.2 Å². The van der Waals surface area contributed by atoms with Crippen molar-refractivity contribution < 1.29 is 14.4 Å². The Labute approximate surface area is 137 Å². The zero-order valence-corrected chi connectivity index (χ0v) is 13.5. The Morgan fingerprint density at radius 1 is 1.36 bits per heavy atom. The maximum absolute atomic E-state index is 12.3. The summed E-state index contributed by atoms with van der Waals surface area (Å²) in [6.07, 6.45) is -0.108. The normalized spacial score (nSPS) is 18.6. The van der Waals surface area contributed by atoms with Crippen LogP contribution in [0, 0.1) is 0 Å². The highest BCUT2D eigenvalue weighted by Gasteiger charge is 2.33. The molecule has 0 aromatic heterocycles. The maximum atomic E-state index is 12.3. The minimum atomic E-state index is -0.838. The molecule has 22 heavy (non-hydrogen) atoms. The summed E-state index contributed by atoms with van der Waals surface area (Å²) in [6.45, 7) is 1.82. The van der Waals surface area contributed by atoms with Crippen LogP contribution in [0.25, 0.3) is 0 Å². The van der Waals surface area contributed by atoms with E-state index in [0.717, 1.165) is 5.56 Å². The highest BCUT2D eigenvalue weighted by molar-refractivity contribution is 6.35. The molecule has 8 heteroatoms. The first-order chi connectivity index (χ1) is 10.3. The van der Waals surface area contributed by atoms with Gasteiger partial charge in [0.05, 0.1) is 12.5 Å². The highest BCUT2D eigenvalue weighted by atomic mass is 35.5. The largest absolute Gasteiger partial charge is 0.339 e. The van der Waals surface area contributed by atoms with Gasteiger partial charge in [0.1, 0.15) is 6.04 Å². The van der Waals surface area contributed by atoms with Gasteiger partial charge in [-0.2, -0.15) is 0 Å². The Balaban J connectivity index is 2.06. The van der Waals surface area contributed by atoms with Crippen LogP contribution in [0.3, 0.4) is 0 Å². The van der Waals surface area contributed by atoms with Gasteiger partial charge in [-0.3, -0.25) is 14.9 Å². The molecular formula is C14H15Cl2N3O3. The highest BCUT2D eigenvalue weighted by Crippen LogP contribution is 2.29. The molecule has 4 amide bonds. The van der Waals surface area contributed by atoms with E-state index in [2.05, 4.69) is 10.6 Å². The predicted octanol–water partition coefficient (Wildman–Crippen LogP) is 2.11. The molecule has 2 rings (SSSR count). The maximum Gasteiger partial charge on any atom is 0.322 e. The number of urea groups is 1. The number of hydrogen-bond acceptors (Lipinski definition) is 3. The van der Waals surface area contributed by atoms with E-state index >= 15 is 0 Å². The molecule has 1 aliphatic rings. The van der Waals surface area contributed by atoms with Crippen molar-refractivity contribution in [3.8, 4) is 0 Å². The van der Waals surface area contributed by atoms with E-state index in [-0.39, 0.29) is 18.4 Å². The molecule has 2 N–H and O–H groups in total. The molecule has 0 radical (unpaired) electrons. The van der Waals surface area contributed by atoms with Crippen LogP contribution in [0.1, 0.15) is 24.9 Å². The first-order valence-electron chi connectivity index (χ1n) is 6.61. The summed E-state index contributed by atoms with van der Waals surface area (Å²) < 4.78 is 0. The van der Waals surface area contributed by atoms with Crippen LogP contribution in [0.2, 0.25) is 10.0 Å². The zero-order valence-electron chi connectivity index (χ0n) is 12.0. The number of amides is 4. The Morgan fingerprint density at radius 3 is 2.59 bits per heavy atom. The minimum Gasteiger partial charge on any atom is -0.339 e. The smallest absolute Gasteiger partial charge is 0.322 e. The van der Waals surface area contributed by atoms with Gasteiger partial charge in [0.15, 0.2) is 0 Å². The SMILES string of the molecule is C[C@@H](c1ccc(Cl)cc1Cl)N(C)C(=O)C[C@H]1NC(=O)NC1=O. The summed E-state index contributed by atoms with van der Waals surface area (Å²) in [7, 11) is 1.62. The molecule has 1 saturated heterocycles. The van der Waals surface area contributed by atoms with Crippen molar-refractivity contribution in [2.75, 3.05) is 7.05 Å². The van der Waals surface area contributed by atoms with Crippen molar-refractivity contribution in [2.45, 2.75) is 25.4 Å². The number of carbonyl (C=O) groups excluding carboxylic acids is 3. The van der Waals surface area contributed by atoms with Crippen LogP contribution >= 0.6 is 23.2 Å². The number of nitrogens with zero attached hydrogens (tertiary/aromatic N) is 1. The van der Waals surface area contributed by atoms with Gasteiger partial charge in [0, 0.05) is 17.1 Å². The second-order valence-electron chi connectivity index (χ2n) is 5.07. The summed E-state index contributed by atoms with van der Waals surface area (Å²) in [5.41, 5.74) is 0.752. The molecule has 0 unspecified atom stereocenters. The number of halogens is 2. The number of hydrogen-bond donors (Lipinski definition) is 2. The van der Waals surface area contributed by atoms with Gasteiger partial charge in [-0.1, -0.05) is 29.3 Å². The molecule has 6 nitrogen and oxygen atoms in total. The molecule has 1 fully saturated rings. The Morgan fingerprint density at radius 2 is 2.05 bits per heavy atom. The van der Waals surface area contributed by atoms with Crippen LogP contribution in [0.5, 0.6) is 0 Å². The third-order valence-electron chi connectivity index (χ3n) is 3.62. The zero-order chi connectivity index (χ0) is 16.4. The average molecular weight is 344 g/mol. The van der Waals surface area contributed by atoms with E-state index < -0.39 is 18.0 Å². The fourth-order valence-corrected chi connectivity index (χ4v) is 2.75. The lowest BCUT2D eigenvalue weighted by molar-refractivity contribution is -0.134. The van der Waals surface area contributed by atoms with Crippen molar-refractivity contribution in [3.63, 3.8) is 0 Å². The summed E-state index contributed by atoms with van der Waals surface area (Å²) in [4.78, 5) is 36.3. The summed E-state index contributed by atoms with van der Waals surface area (Å²) in [5.74, 6) is -0.773. The molecule has 1 aromatic rings. The van der Waals surface area contributed by atoms with Gasteiger partial charge >= 0.3 is 6.03 Å². The Bertz CT molecular complexity index is 636. The topological polar surface area (TPSA) is 78.5 Å². The van der Waals surface area contributed by atoms with Crippen LogP contribution in [-0.2, 0) is 9.59 Å². The van der Waals surface area contributed by atoms with Crippen molar-refractivity contribution in [2.24, 2.45) is 0 Å². The first-order valence-corrected chi connectivity index (χ1v) is 7.37. The Hall–Kier alpha value is -1.79. The molecule has 0 saturated carbocycles. The number of benzene rings is 1. The monoisotopic (exact) mass is 343 g/mol. The van der Waals surface area contributed by atoms with Crippen molar-refractivity contribution in [1.82, 2.24) is 15.5 Å². The molecule has 1 heterocycles. The van der Waals surface area contributed by atoms with E-state index in [1.165, 1.54) is 4.90 Å². The number of imide groups is 1. The molecule has 2 atom stereocenters. The van der Waals surface area contributed by atoms with E-state index in [0.29, 0.717) is 10.0 Å². The van der Waals surface area contributed by atoms with E-state index in [4.69, 9.17) is 23.2 Å². The van der Waals surface area contributed by atoms with Gasteiger partial charge in [-0.05, 0) is 24.6 Å². The molecular weight excluding hydrogens is 329 g/mol. The van der Waals surface area contributed by atoms with Gasteiger partial charge in [-0.25, -0.2) is 4.79 Å². The number of rotatable bonds is 4. The average Bonchev–Trinajstić information content (AvgIpc) is 2.75. The standard InChI is InChI=1S/C14H15Cl2N3O3/c1-7(9-4-3-8(15)5-10(9)16)19(2)12(20)6-11-13(21)18-14(22)17-11/h3-5,7,11H,6H2,1-2H3,(H2,17,18,21,22)/t7-,11+/m0/s1. The summed E-state index contributed by atoms with van der Waals surface area (Å²) >= 11 is 12.0. The van der Waals surface area contributed by atoms with E-state index in [1.54, 1.807) is 25.2 Å². The van der Waals surface area contributed by atoms with Crippen LogP contribution in [0.15, 0.2) is 18.2 Å². The van der Waals surface area contributed by atoms with Crippen molar-refractivity contribution in [3.05, 3.63) is 33.8 Å².